The van der Waals surface area contributed by atoms with Gasteiger partial charge in [0, 0.05) is 46.5 Å². The van der Waals surface area contributed by atoms with Gasteiger partial charge >= 0.3 is 0 Å². The summed E-state index contributed by atoms with van der Waals surface area (Å²) in [6.07, 6.45) is 5.11. The molecule has 0 bridgehead atoms. The summed E-state index contributed by atoms with van der Waals surface area (Å²) in [6.45, 7) is 7.14. The molecule has 1 aliphatic rings. The first-order valence-corrected chi connectivity index (χ1v) is 10.1. The molecule has 27 heavy (non-hydrogen) atoms. The van der Waals surface area contributed by atoms with Crippen molar-refractivity contribution in [2.24, 2.45) is 4.99 Å². The summed E-state index contributed by atoms with van der Waals surface area (Å²) in [5.74, 6) is 0.811. The second kappa shape index (κ2) is 12.7. The van der Waals surface area contributed by atoms with Crippen LogP contribution in [0.1, 0.15) is 38.2 Å². The number of likely N-dealkylation sites (tertiary alicyclic amines) is 1. The molecule has 5 nitrogen and oxygen atoms in total. The maximum Gasteiger partial charge on any atom is 0.193 e. The third-order valence-corrected chi connectivity index (χ3v) is 4.70. The first-order chi connectivity index (χ1) is 13.2. The van der Waals surface area contributed by atoms with Crippen molar-refractivity contribution in [1.82, 2.24) is 10.2 Å². The van der Waals surface area contributed by atoms with Crippen LogP contribution in [0.2, 0.25) is 0 Å². The lowest BCUT2D eigenvalue weighted by Gasteiger charge is -2.34. The minimum Gasteiger partial charge on any atom is -0.385 e. The van der Waals surface area contributed by atoms with Gasteiger partial charge in [-0.25, -0.2) is 4.39 Å². The molecule has 152 valence electrons. The highest BCUT2D eigenvalue weighted by molar-refractivity contribution is 5.80. The van der Waals surface area contributed by atoms with Crippen LogP contribution >= 0.6 is 0 Å². The van der Waals surface area contributed by atoms with Crippen molar-refractivity contribution in [3.8, 4) is 0 Å². The van der Waals surface area contributed by atoms with Crippen LogP contribution in [-0.2, 0) is 15.9 Å². The minimum absolute atomic E-state index is 0.170. The van der Waals surface area contributed by atoms with E-state index in [9.17, 15) is 4.39 Å². The topological polar surface area (TPSA) is 46.1 Å². The van der Waals surface area contributed by atoms with E-state index < -0.39 is 0 Å². The number of ether oxygens (including phenoxy) is 2. The Morgan fingerprint density at radius 1 is 1.26 bits per heavy atom. The minimum atomic E-state index is -0.170. The first kappa shape index (κ1) is 21.6. The van der Waals surface area contributed by atoms with Gasteiger partial charge in [0.15, 0.2) is 5.96 Å². The van der Waals surface area contributed by atoms with Gasteiger partial charge in [-0.15, -0.1) is 0 Å². The maximum atomic E-state index is 13.2. The van der Waals surface area contributed by atoms with Crippen molar-refractivity contribution < 1.29 is 13.9 Å². The molecule has 6 heteroatoms. The Hall–Kier alpha value is -1.66. The Kier molecular flexibility index (Phi) is 10.2. The van der Waals surface area contributed by atoms with Gasteiger partial charge in [-0.05, 0) is 56.7 Å². The first-order valence-electron chi connectivity index (χ1n) is 10.1. The van der Waals surface area contributed by atoms with E-state index in [1.165, 1.54) is 6.07 Å². The second-order valence-electron chi connectivity index (χ2n) is 6.87. The standard InChI is InChI=1S/C21H34FN3O2/c1-3-23-21(24-12-5-8-18-7-4-9-19(22)17-18)25-13-10-20(11-14-25)27-16-6-15-26-2/h4,7,9,17,20H,3,5-6,8,10-16H2,1-2H3,(H,23,24). The van der Waals surface area contributed by atoms with Crippen LogP contribution in [0.4, 0.5) is 4.39 Å². The summed E-state index contributed by atoms with van der Waals surface area (Å²) in [7, 11) is 1.72. The van der Waals surface area contributed by atoms with Crippen molar-refractivity contribution in [2.45, 2.75) is 45.1 Å². The normalized spacial score (nSPS) is 16.0. The molecule has 1 heterocycles. The molecule has 0 spiro atoms. The number of aryl methyl sites for hydroxylation is 1. The molecule has 0 aliphatic carbocycles. The number of hydrogen-bond acceptors (Lipinski definition) is 3. The number of nitrogens with zero attached hydrogens (tertiary/aromatic N) is 2. The van der Waals surface area contributed by atoms with E-state index in [0.717, 1.165) is 83.0 Å². The Morgan fingerprint density at radius 2 is 2.07 bits per heavy atom. The monoisotopic (exact) mass is 379 g/mol. The number of methoxy groups -OCH3 is 1. The highest BCUT2D eigenvalue weighted by Gasteiger charge is 2.21. The van der Waals surface area contributed by atoms with Gasteiger partial charge in [-0.2, -0.15) is 0 Å². The van der Waals surface area contributed by atoms with Crippen molar-refractivity contribution in [1.29, 1.82) is 0 Å². The maximum absolute atomic E-state index is 13.2. The molecule has 0 unspecified atom stereocenters. The van der Waals surface area contributed by atoms with Gasteiger partial charge in [0.25, 0.3) is 0 Å². The number of piperidine rings is 1. The lowest BCUT2D eigenvalue weighted by Crippen LogP contribution is -2.47. The fraction of sp³-hybridized carbons (Fsp3) is 0.667. The quantitative estimate of drug-likeness (QED) is 0.385. The predicted molar refractivity (Wildman–Crippen MR) is 108 cm³/mol. The van der Waals surface area contributed by atoms with Crippen LogP contribution in [0.25, 0.3) is 0 Å². The number of benzene rings is 1. The Bertz CT molecular complexity index is 560. The van der Waals surface area contributed by atoms with E-state index in [1.54, 1.807) is 19.2 Å². The van der Waals surface area contributed by atoms with Crippen LogP contribution in [0.5, 0.6) is 0 Å². The van der Waals surface area contributed by atoms with E-state index in [0.29, 0.717) is 6.10 Å². The number of nitrogens with one attached hydrogen (secondary N) is 1. The molecule has 0 saturated carbocycles. The molecule has 0 radical (unpaired) electrons. The zero-order valence-electron chi connectivity index (χ0n) is 16.8. The summed E-state index contributed by atoms with van der Waals surface area (Å²) in [5, 5.41) is 3.39. The molecule has 1 aromatic carbocycles. The van der Waals surface area contributed by atoms with Gasteiger partial charge in [0.2, 0.25) is 0 Å². The molecule has 1 saturated heterocycles. The smallest absolute Gasteiger partial charge is 0.193 e. The van der Waals surface area contributed by atoms with E-state index in [-0.39, 0.29) is 5.82 Å². The predicted octanol–water partition coefficient (Wildman–Crippen LogP) is 3.24. The highest BCUT2D eigenvalue weighted by atomic mass is 19.1. The largest absolute Gasteiger partial charge is 0.385 e. The molecule has 1 N–H and O–H groups in total. The molecular formula is C21H34FN3O2. The molecule has 1 fully saturated rings. The fourth-order valence-electron chi connectivity index (χ4n) is 3.27. The lowest BCUT2D eigenvalue weighted by atomic mass is 10.1. The van der Waals surface area contributed by atoms with Crippen LogP contribution in [0, 0.1) is 5.82 Å². The SMILES string of the molecule is CCNC(=NCCCc1cccc(F)c1)N1CCC(OCCCOC)CC1. The molecule has 0 atom stereocenters. The van der Waals surface area contributed by atoms with E-state index in [1.807, 2.05) is 6.07 Å². The number of rotatable bonds is 10. The van der Waals surface area contributed by atoms with Gasteiger partial charge in [-0.1, -0.05) is 12.1 Å². The van der Waals surface area contributed by atoms with Gasteiger partial charge in [0.1, 0.15) is 5.82 Å². The van der Waals surface area contributed by atoms with E-state index >= 15 is 0 Å². The van der Waals surface area contributed by atoms with Crippen LogP contribution in [-0.4, -0.2) is 63.5 Å². The Morgan fingerprint density at radius 3 is 2.78 bits per heavy atom. The molecular weight excluding hydrogens is 345 g/mol. The fourth-order valence-corrected chi connectivity index (χ4v) is 3.27. The number of halogens is 1. The van der Waals surface area contributed by atoms with Gasteiger partial charge in [0.05, 0.1) is 6.10 Å². The van der Waals surface area contributed by atoms with Crippen molar-refractivity contribution in [3.05, 3.63) is 35.6 Å². The Labute approximate surface area is 162 Å². The molecule has 0 aromatic heterocycles. The van der Waals surface area contributed by atoms with Crippen molar-refractivity contribution in [2.75, 3.05) is 46.5 Å². The van der Waals surface area contributed by atoms with E-state index in [4.69, 9.17) is 14.5 Å². The summed E-state index contributed by atoms with van der Waals surface area (Å²) >= 11 is 0. The number of aliphatic imine (C=N–C) groups is 1. The molecule has 1 aliphatic heterocycles. The zero-order valence-corrected chi connectivity index (χ0v) is 16.8. The highest BCUT2D eigenvalue weighted by Crippen LogP contribution is 2.14. The average molecular weight is 380 g/mol. The zero-order chi connectivity index (χ0) is 19.3. The number of hydrogen-bond donors (Lipinski definition) is 1. The molecule has 1 aromatic rings. The van der Waals surface area contributed by atoms with Crippen LogP contribution in [0.3, 0.4) is 0 Å². The summed E-state index contributed by atoms with van der Waals surface area (Å²) in [4.78, 5) is 7.09. The summed E-state index contributed by atoms with van der Waals surface area (Å²) in [6, 6.07) is 6.82. The summed E-state index contributed by atoms with van der Waals surface area (Å²) in [5.41, 5.74) is 1.03. The second-order valence-corrected chi connectivity index (χ2v) is 6.87. The molecule has 0 amide bonds. The molecule has 2 rings (SSSR count). The Balaban J connectivity index is 1.73. The van der Waals surface area contributed by atoms with E-state index in [2.05, 4.69) is 17.1 Å². The van der Waals surface area contributed by atoms with Crippen molar-refractivity contribution in [3.63, 3.8) is 0 Å². The average Bonchev–Trinajstić information content (AvgIpc) is 2.68. The summed E-state index contributed by atoms with van der Waals surface area (Å²) < 4.78 is 24.2. The third-order valence-electron chi connectivity index (χ3n) is 4.70. The van der Waals surface area contributed by atoms with Crippen LogP contribution < -0.4 is 5.32 Å². The van der Waals surface area contributed by atoms with Gasteiger partial charge in [-0.3, -0.25) is 4.99 Å². The van der Waals surface area contributed by atoms with Crippen LogP contribution in [0.15, 0.2) is 29.3 Å². The van der Waals surface area contributed by atoms with Gasteiger partial charge < -0.3 is 19.7 Å². The lowest BCUT2D eigenvalue weighted by molar-refractivity contribution is 0.00990. The van der Waals surface area contributed by atoms with Crippen molar-refractivity contribution >= 4 is 5.96 Å². The third kappa shape index (κ3) is 8.26. The number of guanidine groups is 1.